The summed E-state index contributed by atoms with van der Waals surface area (Å²) in [5, 5.41) is 2.97. The molecule has 0 aliphatic rings. The number of carbonyl (C=O) groups excluding carboxylic acids is 1. The third-order valence-corrected chi connectivity index (χ3v) is 6.51. The van der Waals surface area contributed by atoms with E-state index in [-0.39, 0.29) is 12.5 Å². The molecule has 0 saturated heterocycles. The molecule has 32 heavy (non-hydrogen) atoms. The third kappa shape index (κ3) is 24.0. The molecule has 0 aromatic heterocycles. The van der Waals surface area contributed by atoms with Crippen LogP contribution >= 0.6 is 7.82 Å². The fourth-order valence-electron chi connectivity index (χ4n) is 3.49. The Morgan fingerprint density at radius 3 is 1.97 bits per heavy atom. The van der Waals surface area contributed by atoms with Crippen molar-refractivity contribution in [3.8, 4) is 0 Å². The number of carbonyl (C=O) groups is 1. The molecule has 0 fully saturated rings. The first-order chi connectivity index (χ1) is 15.5. The van der Waals surface area contributed by atoms with Gasteiger partial charge in [-0.2, -0.15) is 0 Å². The van der Waals surface area contributed by atoms with Gasteiger partial charge in [0, 0.05) is 20.1 Å². The van der Waals surface area contributed by atoms with Gasteiger partial charge in [-0.25, -0.2) is 4.57 Å². The van der Waals surface area contributed by atoms with E-state index >= 15 is 0 Å². The van der Waals surface area contributed by atoms with E-state index in [9.17, 15) is 9.36 Å². The van der Waals surface area contributed by atoms with E-state index < -0.39 is 7.82 Å². The summed E-state index contributed by atoms with van der Waals surface area (Å²) in [6.07, 6.45) is 25.2. The van der Waals surface area contributed by atoms with Crippen molar-refractivity contribution in [1.82, 2.24) is 5.32 Å². The summed E-state index contributed by atoms with van der Waals surface area (Å²) in [4.78, 5) is 20.9. The second kappa shape index (κ2) is 23.5. The second-order valence-electron chi connectivity index (χ2n) is 8.58. The zero-order chi connectivity index (χ0) is 23.8. The maximum atomic E-state index is 11.8. The van der Waals surface area contributed by atoms with Crippen LogP contribution in [-0.4, -0.2) is 31.1 Å². The molecule has 0 heterocycles. The summed E-state index contributed by atoms with van der Waals surface area (Å²) in [6, 6.07) is 0. The van der Waals surface area contributed by atoms with Crippen LogP contribution in [0.3, 0.4) is 0 Å². The molecule has 0 saturated carbocycles. The van der Waals surface area contributed by atoms with Gasteiger partial charge in [-0.1, -0.05) is 83.3 Å². The highest BCUT2D eigenvalue weighted by atomic mass is 31.2. The predicted octanol–water partition coefficient (Wildman–Crippen LogP) is 7.46. The summed E-state index contributed by atoms with van der Waals surface area (Å²) in [5.74, 6) is 0.146. The summed E-state index contributed by atoms with van der Waals surface area (Å²) in [7, 11) is -2.69. The van der Waals surface area contributed by atoms with Gasteiger partial charge in [0.1, 0.15) is 0 Å². The lowest BCUT2D eigenvalue weighted by atomic mass is 10.1. The average Bonchev–Trinajstić information content (AvgIpc) is 2.78. The van der Waals surface area contributed by atoms with Crippen LogP contribution in [-0.2, 0) is 18.4 Å². The van der Waals surface area contributed by atoms with Gasteiger partial charge in [0.05, 0.1) is 6.61 Å². The maximum Gasteiger partial charge on any atom is 0.471 e. The van der Waals surface area contributed by atoms with Crippen LogP contribution in [0.25, 0.3) is 0 Å². The Balaban J connectivity index is 3.28. The van der Waals surface area contributed by atoms with Crippen molar-refractivity contribution in [2.24, 2.45) is 0 Å². The fourth-order valence-corrected chi connectivity index (χ4v) is 3.95. The van der Waals surface area contributed by atoms with Crippen LogP contribution in [0, 0.1) is 0 Å². The first-order valence-electron chi connectivity index (χ1n) is 13.0. The van der Waals surface area contributed by atoms with Crippen LogP contribution < -0.4 is 5.32 Å². The van der Waals surface area contributed by atoms with Crippen molar-refractivity contribution in [3.05, 3.63) is 12.2 Å². The highest BCUT2D eigenvalue weighted by Gasteiger charge is 2.17. The summed E-state index contributed by atoms with van der Waals surface area (Å²) < 4.78 is 20.2. The quantitative estimate of drug-likeness (QED) is 0.0859. The highest BCUT2D eigenvalue weighted by Crippen LogP contribution is 2.41. The fraction of sp³-hybridized carbons (Fsp3) is 0.880. The second-order valence-corrected chi connectivity index (χ2v) is 10.1. The molecule has 1 atom stereocenters. The van der Waals surface area contributed by atoms with Crippen molar-refractivity contribution >= 4 is 13.7 Å². The standard InChI is InChI=1S/C25H50NO5P/c1-3-4-5-6-7-8-9-10-11-12-13-14-15-16-19-22-25(27)26-23-20-17-18-21-24-31-32(28,29)30-2/h10-11H,3-9,12-24H2,1-2H3,(H,26,27)(H,28,29)/b11-10-. The van der Waals surface area contributed by atoms with E-state index in [4.69, 9.17) is 9.42 Å². The van der Waals surface area contributed by atoms with Crippen molar-refractivity contribution in [3.63, 3.8) is 0 Å². The number of hydrogen-bond acceptors (Lipinski definition) is 4. The van der Waals surface area contributed by atoms with Crippen molar-refractivity contribution < 1.29 is 23.3 Å². The Kier molecular flexibility index (Phi) is 23.0. The molecule has 190 valence electrons. The number of unbranched alkanes of at least 4 members (excludes halogenated alkanes) is 14. The van der Waals surface area contributed by atoms with Gasteiger partial charge in [0.25, 0.3) is 0 Å². The van der Waals surface area contributed by atoms with E-state index in [1.165, 1.54) is 70.6 Å². The van der Waals surface area contributed by atoms with E-state index in [0.29, 0.717) is 19.4 Å². The number of phosphoric acid groups is 1. The zero-order valence-corrected chi connectivity index (χ0v) is 21.7. The minimum atomic E-state index is -3.84. The summed E-state index contributed by atoms with van der Waals surface area (Å²) >= 11 is 0. The first-order valence-corrected chi connectivity index (χ1v) is 14.5. The number of rotatable bonds is 24. The van der Waals surface area contributed by atoms with Crippen LogP contribution in [0.2, 0.25) is 0 Å². The Hall–Kier alpha value is -0.680. The molecule has 0 aliphatic carbocycles. The Morgan fingerprint density at radius 1 is 0.812 bits per heavy atom. The van der Waals surface area contributed by atoms with Gasteiger partial charge < -0.3 is 10.2 Å². The zero-order valence-electron chi connectivity index (χ0n) is 20.8. The summed E-state index contributed by atoms with van der Waals surface area (Å²) in [5.41, 5.74) is 0. The molecule has 1 amide bonds. The van der Waals surface area contributed by atoms with Gasteiger partial charge in [-0.05, 0) is 44.9 Å². The van der Waals surface area contributed by atoms with Gasteiger partial charge in [-0.15, -0.1) is 0 Å². The van der Waals surface area contributed by atoms with E-state index in [1.54, 1.807) is 0 Å². The van der Waals surface area contributed by atoms with Crippen LogP contribution in [0.15, 0.2) is 12.2 Å². The van der Waals surface area contributed by atoms with Crippen LogP contribution in [0.4, 0.5) is 0 Å². The smallest absolute Gasteiger partial charge is 0.356 e. The van der Waals surface area contributed by atoms with Crippen molar-refractivity contribution in [2.75, 3.05) is 20.3 Å². The van der Waals surface area contributed by atoms with E-state index in [0.717, 1.165) is 39.2 Å². The van der Waals surface area contributed by atoms with Crippen LogP contribution in [0.1, 0.15) is 122 Å². The number of amides is 1. The molecule has 2 N–H and O–H groups in total. The van der Waals surface area contributed by atoms with E-state index in [2.05, 4.69) is 28.9 Å². The lowest BCUT2D eigenvalue weighted by Crippen LogP contribution is -2.23. The largest absolute Gasteiger partial charge is 0.471 e. The van der Waals surface area contributed by atoms with E-state index in [1.807, 2.05) is 0 Å². The first kappa shape index (κ1) is 31.3. The normalized spacial score (nSPS) is 13.5. The Labute approximate surface area is 197 Å². The predicted molar refractivity (Wildman–Crippen MR) is 134 cm³/mol. The molecule has 7 heteroatoms. The maximum absolute atomic E-state index is 11.8. The monoisotopic (exact) mass is 475 g/mol. The minimum Gasteiger partial charge on any atom is -0.356 e. The molecular formula is C25H50NO5P. The van der Waals surface area contributed by atoms with Crippen LogP contribution in [0.5, 0.6) is 0 Å². The SMILES string of the molecule is CCCCCCCC/C=C\CCCCCCCC(=O)NCCCCCCOP(=O)(O)OC. The Morgan fingerprint density at radius 2 is 1.34 bits per heavy atom. The third-order valence-electron chi connectivity index (χ3n) is 5.54. The lowest BCUT2D eigenvalue weighted by Gasteiger charge is -2.08. The topological polar surface area (TPSA) is 84.9 Å². The molecule has 0 aromatic rings. The van der Waals surface area contributed by atoms with Crippen molar-refractivity contribution in [2.45, 2.75) is 122 Å². The number of allylic oxidation sites excluding steroid dienone is 2. The molecule has 0 radical (unpaired) electrons. The van der Waals surface area contributed by atoms with Gasteiger partial charge in [0.15, 0.2) is 0 Å². The molecule has 0 aromatic carbocycles. The number of phosphoric ester groups is 1. The van der Waals surface area contributed by atoms with Gasteiger partial charge >= 0.3 is 7.82 Å². The minimum absolute atomic E-state index is 0.146. The van der Waals surface area contributed by atoms with Gasteiger partial charge in [-0.3, -0.25) is 13.8 Å². The molecule has 0 spiro atoms. The Bertz CT molecular complexity index is 499. The summed E-state index contributed by atoms with van der Waals surface area (Å²) in [6.45, 7) is 3.17. The van der Waals surface area contributed by atoms with Gasteiger partial charge in [0.2, 0.25) is 5.91 Å². The molecule has 1 unspecified atom stereocenters. The number of nitrogens with one attached hydrogen (secondary N) is 1. The molecule has 0 bridgehead atoms. The molecule has 0 rings (SSSR count). The highest BCUT2D eigenvalue weighted by molar-refractivity contribution is 7.47. The molecule has 6 nitrogen and oxygen atoms in total. The molecule has 0 aliphatic heterocycles. The molecular weight excluding hydrogens is 425 g/mol. The average molecular weight is 476 g/mol. The van der Waals surface area contributed by atoms with Crippen molar-refractivity contribution in [1.29, 1.82) is 0 Å². The lowest BCUT2D eigenvalue weighted by molar-refractivity contribution is -0.121. The number of hydrogen-bond donors (Lipinski definition) is 2.